The van der Waals surface area contributed by atoms with Crippen molar-refractivity contribution in [2.45, 2.75) is 12.3 Å². The monoisotopic (exact) mass is 363 g/mol. The van der Waals surface area contributed by atoms with Gasteiger partial charge in [-0.1, -0.05) is 60.7 Å². The Morgan fingerprint density at radius 2 is 1.70 bits per heavy atom. The molecule has 140 valence electrons. The summed E-state index contributed by atoms with van der Waals surface area (Å²) in [5.41, 5.74) is 1.75. The number of nitrogens with zero attached hydrogens (tertiary/aromatic N) is 1. The predicted molar refractivity (Wildman–Crippen MR) is 109 cm³/mol. The van der Waals surface area contributed by atoms with Gasteiger partial charge in [0.25, 0.3) is 0 Å². The highest BCUT2D eigenvalue weighted by Crippen LogP contribution is 2.33. The van der Waals surface area contributed by atoms with E-state index in [0.717, 1.165) is 34.2 Å². The molecule has 0 heterocycles. The second-order valence-corrected chi connectivity index (χ2v) is 6.92. The molecule has 1 unspecified atom stereocenters. The van der Waals surface area contributed by atoms with Crippen molar-refractivity contribution in [3.8, 4) is 5.75 Å². The van der Waals surface area contributed by atoms with Crippen molar-refractivity contribution in [3.63, 3.8) is 0 Å². The lowest BCUT2D eigenvalue weighted by Crippen LogP contribution is -2.20. The van der Waals surface area contributed by atoms with Crippen molar-refractivity contribution in [1.29, 1.82) is 0 Å². The number of aliphatic carboxylic acids is 1. The summed E-state index contributed by atoms with van der Waals surface area (Å²) in [7, 11) is 4.00. The second kappa shape index (κ2) is 8.69. The van der Waals surface area contributed by atoms with Crippen LogP contribution in [0.3, 0.4) is 0 Å². The van der Waals surface area contributed by atoms with Gasteiger partial charge in [-0.2, -0.15) is 0 Å². The van der Waals surface area contributed by atoms with Crippen LogP contribution in [0.5, 0.6) is 5.75 Å². The van der Waals surface area contributed by atoms with Gasteiger partial charge in [0, 0.05) is 12.1 Å². The van der Waals surface area contributed by atoms with Crippen LogP contribution in [0.4, 0.5) is 0 Å². The molecule has 0 amide bonds. The van der Waals surface area contributed by atoms with Crippen LogP contribution in [0.2, 0.25) is 0 Å². The Kier molecular flexibility index (Phi) is 6.09. The lowest BCUT2D eigenvalue weighted by Gasteiger charge is -2.19. The van der Waals surface area contributed by atoms with Gasteiger partial charge in [0.1, 0.15) is 12.4 Å². The fourth-order valence-corrected chi connectivity index (χ4v) is 3.24. The number of likely N-dealkylation sites (N-methyl/N-ethyl adjacent to an activating group) is 1. The zero-order valence-electron chi connectivity index (χ0n) is 15.8. The molecule has 1 atom stereocenters. The molecular formula is C23H25NO3. The molecule has 0 aliphatic carbocycles. The summed E-state index contributed by atoms with van der Waals surface area (Å²) in [5.74, 6) is -0.681. The van der Waals surface area contributed by atoms with Crippen LogP contribution < -0.4 is 4.74 Å². The lowest BCUT2D eigenvalue weighted by atomic mass is 9.89. The number of hydrogen-bond acceptors (Lipinski definition) is 3. The van der Waals surface area contributed by atoms with Gasteiger partial charge in [0.15, 0.2) is 0 Å². The standard InChI is InChI=1S/C23H25NO3/c1-24(2)14-15-27-22-13-12-18-10-6-7-11-19(18)21(22)16-20(23(25)26)17-8-4-3-5-9-17/h3-13,20H,14-16H2,1-2H3,(H,25,26). The van der Waals surface area contributed by atoms with E-state index in [9.17, 15) is 9.90 Å². The highest BCUT2D eigenvalue weighted by Gasteiger charge is 2.23. The highest BCUT2D eigenvalue weighted by atomic mass is 16.5. The number of hydrogen-bond donors (Lipinski definition) is 1. The van der Waals surface area contributed by atoms with Crippen molar-refractivity contribution in [2.24, 2.45) is 0 Å². The highest BCUT2D eigenvalue weighted by molar-refractivity contribution is 5.89. The normalized spacial score (nSPS) is 12.3. The average molecular weight is 363 g/mol. The van der Waals surface area contributed by atoms with Gasteiger partial charge in [-0.25, -0.2) is 0 Å². The number of carboxylic acids is 1. The third kappa shape index (κ3) is 4.66. The summed E-state index contributed by atoms with van der Waals surface area (Å²) in [4.78, 5) is 14.1. The molecule has 0 saturated carbocycles. The largest absolute Gasteiger partial charge is 0.492 e. The third-order valence-corrected chi connectivity index (χ3v) is 4.70. The first-order valence-corrected chi connectivity index (χ1v) is 9.12. The number of benzene rings is 3. The van der Waals surface area contributed by atoms with E-state index in [4.69, 9.17) is 4.74 Å². The van der Waals surface area contributed by atoms with Crippen LogP contribution in [0.15, 0.2) is 66.7 Å². The fourth-order valence-electron chi connectivity index (χ4n) is 3.24. The molecule has 0 radical (unpaired) electrons. The zero-order valence-corrected chi connectivity index (χ0v) is 15.8. The van der Waals surface area contributed by atoms with E-state index < -0.39 is 11.9 Å². The maximum Gasteiger partial charge on any atom is 0.311 e. The zero-order chi connectivity index (χ0) is 19.2. The summed E-state index contributed by atoms with van der Waals surface area (Å²) in [5, 5.41) is 12.0. The molecule has 0 saturated heterocycles. The van der Waals surface area contributed by atoms with E-state index in [0.29, 0.717) is 13.0 Å². The van der Waals surface area contributed by atoms with Crippen LogP contribution in [0.1, 0.15) is 17.0 Å². The van der Waals surface area contributed by atoms with E-state index >= 15 is 0 Å². The molecular weight excluding hydrogens is 338 g/mol. The van der Waals surface area contributed by atoms with Gasteiger partial charge in [0.2, 0.25) is 0 Å². The van der Waals surface area contributed by atoms with Crippen LogP contribution >= 0.6 is 0 Å². The summed E-state index contributed by atoms with van der Waals surface area (Å²) < 4.78 is 6.04. The minimum Gasteiger partial charge on any atom is -0.492 e. The second-order valence-electron chi connectivity index (χ2n) is 6.92. The molecule has 3 aromatic rings. The number of ether oxygens (including phenoxy) is 1. The van der Waals surface area contributed by atoms with Gasteiger partial charge >= 0.3 is 5.97 Å². The Bertz CT molecular complexity index is 906. The Balaban J connectivity index is 2.00. The van der Waals surface area contributed by atoms with Gasteiger partial charge in [0.05, 0.1) is 5.92 Å². The fraction of sp³-hybridized carbons (Fsp3) is 0.261. The van der Waals surface area contributed by atoms with E-state index in [-0.39, 0.29) is 0 Å². The van der Waals surface area contributed by atoms with Crippen molar-refractivity contribution in [3.05, 3.63) is 77.9 Å². The van der Waals surface area contributed by atoms with Gasteiger partial charge < -0.3 is 14.7 Å². The van der Waals surface area contributed by atoms with E-state index in [1.807, 2.05) is 80.8 Å². The molecule has 0 bridgehead atoms. The van der Waals surface area contributed by atoms with Crippen molar-refractivity contribution in [1.82, 2.24) is 4.90 Å². The third-order valence-electron chi connectivity index (χ3n) is 4.70. The molecule has 3 aromatic carbocycles. The first-order chi connectivity index (χ1) is 13.1. The van der Waals surface area contributed by atoms with Crippen LogP contribution in [0.25, 0.3) is 10.8 Å². The number of fused-ring (bicyclic) bond motifs is 1. The lowest BCUT2D eigenvalue weighted by molar-refractivity contribution is -0.138. The minimum absolute atomic E-state index is 0.387. The Hall–Kier alpha value is -2.85. The van der Waals surface area contributed by atoms with Gasteiger partial charge in [-0.05, 0) is 42.9 Å². The molecule has 4 heteroatoms. The summed E-state index contributed by atoms with van der Waals surface area (Å²) in [6.45, 7) is 1.36. The molecule has 1 N–H and O–H groups in total. The molecule has 3 rings (SSSR count). The number of rotatable bonds is 8. The minimum atomic E-state index is -0.826. The molecule has 27 heavy (non-hydrogen) atoms. The van der Waals surface area contributed by atoms with E-state index in [1.54, 1.807) is 0 Å². The predicted octanol–water partition coefficient (Wildman–Crippen LogP) is 4.19. The summed E-state index contributed by atoms with van der Waals surface area (Å²) in [6.07, 6.45) is 0.387. The van der Waals surface area contributed by atoms with Crippen LogP contribution in [0, 0.1) is 0 Å². The maximum absolute atomic E-state index is 12.0. The van der Waals surface area contributed by atoms with Crippen molar-refractivity contribution < 1.29 is 14.6 Å². The first-order valence-electron chi connectivity index (χ1n) is 9.12. The summed E-state index contributed by atoms with van der Waals surface area (Å²) >= 11 is 0. The molecule has 4 nitrogen and oxygen atoms in total. The van der Waals surface area contributed by atoms with E-state index in [2.05, 4.69) is 4.90 Å². The van der Waals surface area contributed by atoms with Crippen LogP contribution in [-0.2, 0) is 11.2 Å². The maximum atomic E-state index is 12.0. The van der Waals surface area contributed by atoms with Crippen molar-refractivity contribution >= 4 is 16.7 Å². The van der Waals surface area contributed by atoms with Gasteiger partial charge in [-0.15, -0.1) is 0 Å². The Morgan fingerprint density at radius 1 is 1.00 bits per heavy atom. The number of carboxylic acid groups (broad SMARTS) is 1. The molecule has 0 fully saturated rings. The molecule has 0 aliphatic rings. The Labute approximate surface area is 160 Å². The molecule has 0 aromatic heterocycles. The van der Waals surface area contributed by atoms with E-state index in [1.165, 1.54) is 0 Å². The molecule has 0 aliphatic heterocycles. The smallest absolute Gasteiger partial charge is 0.311 e. The van der Waals surface area contributed by atoms with Crippen molar-refractivity contribution in [2.75, 3.05) is 27.2 Å². The quantitative estimate of drug-likeness (QED) is 0.652. The first kappa shape index (κ1) is 18.9. The molecule has 0 spiro atoms. The van der Waals surface area contributed by atoms with Gasteiger partial charge in [-0.3, -0.25) is 4.79 Å². The topological polar surface area (TPSA) is 49.8 Å². The average Bonchev–Trinajstić information content (AvgIpc) is 2.67. The SMILES string of the molecule is CN(C)CCOc1ccc2ccccc2c1CC(C(=O)O)c1ccccc1. The summed E-state index contributed by atoms with van der Waals surface area (Å²) in [6, 6.07) is 21.4. The van der Waals surface area contributed by atoms with Crippen LogP contribution in [-0.4, -0.2) is 43.2 Å². The number of carbonyl (C=O) groups is 1. The Morgan fingerprint density at radius 3 is 2.41 bits per heavy atom.